The molecule has 2 heterocycles. The Kier molecular flexibility index (Phi) is 2.49. The molecule has 2 rings (SSSR count). The van der Waals surface area contributed by atoms with Crippen molar-refractivity contribution in [2.75, 3.05) is 33.3 Å². The molecule has 0 radical (unpaired) electrons. The first kappa shape index (κ1) is 9.61. The van der Waals surface area contributed by atoms with Crippen LogP contribution < -0.4 is 5.32 Å². The zero-order chi connectivity index (χ0) is 7.90. The van der Waals surface area contributed by atoms with Crippen molar-refractivity contribution in [3.05, 3.63) is 0 Å². The summed E-state index contributed by atoms with van der Waals surface area (Å²) < 4.78 is 4.58. The number of methoxy groups -OCH3 is 1. The topological polar surface area (TPSA) is 41.6 Å². The Hall–Kier alpha value is -0.480. The highest BCUT2D eigenvalue weighted by molar-refractivity contribution is 5.85. The molecule has 0 atom stereocenters. The van der Waals surface area contributed by atoms with Crippen molar-refractivity contribution < 1.29 is 9.53 Å². The van der Waals surface area contributed by atoms with Crippen LogP contribution in [0.2, 0.25) is 0 Å². The molecule has 0 aromatic heterocycles. The second-order valence-electron chi connectivity index (χ2n) is 3.43. The number of amides is 1. The standard InChI is InChI=1S/C7H12N2O2.ClH/c1-11-6(10)9-4-7(5-9)2-8-3-7;/h8H,2-5H2,1H3;1H. The van der Waals surface area contributed by atoms with Gasteiger partial charge in [0, 0.05) is 31.6 Å². The summed E-state index contributed by atoms with van der Waals surface area (Å²) in [5, 5.41) is 3.20. The summed E-state index contributed by atoms with van der Waals surface area (Å²) in [7, 11) is 1.42. The maximum atomic E-state index is 10.9. The SMILES string of the molecule is COC(=O)N1CC2(CNC2)C1.Cl. The predicted octanol–water partition coefficient (Wildman–Crippen LogP) is 0.0798. The highest BCUT2D eigenvalue weighted by atomic mass is 35.5. The summed E-state index contributed by atoms with van der Waals surface area (Å²) in [5.41, 5.74) is 0.411. The molecular weight excluding hydrogens is 180 g/mol. The van der Waals surface area contributed by atoms with E-state index in [9.17, 15) is 4.79 Å². The molecule has 2 aliphatic heterocycles. The normalized spacial score (nSPS) is 23.6. The molecule has 0 bridgehead atoms. The number of likely N-dealkylation sites (tertiary alicyclic amines) is 1. The highest BCUT2D eigenvalue weighted by Gasteiger charge is 2.49. The van der Waals surface area contributed by atoms with Gasteiger partial charge in [0.1, 0.15) is 0 Å². The number of carbonyl (C=O) groups is 1. The van der Waals surface area contributed by atoms with Crippen LogP contribution in [0.15, 0.2) is 0 Å². The number of rotatable bonds is 0. The van der Waals surface area contributed by atoms with Crippen molar-refractivity contribution in [1.29, 1.82) is 0 Å². The van der Waals surface area contributed by atoms with E-state index < -0.39 is 0 Å². The minimum atomic E-state index is -0.192. The number of nitrogens with one attached hydrogen (secondary N) is 1. The van der Waals surface area contributed by atoms with Crippen LogP contribution in [0.5, 0.6) is 0 Å². The van der Waals surface area contributed by atoms with Gasteiger partial charge in [0.15, 0.2) is 0 Å². The summed E-state index contributed by atoms with van der Waals surface area (Å²) in [6.45, 7) is 3.85. The lowest BCUT2D eigenvalue weighted by Crippen LogP contribution is -2.71. The fourth-order valence-corrected chi connectivity index (χ4v) is 1.72. The Bertz CT molecular complexity index is 186. The number of nitrogens with zero attached hydrogens (tertiary/aromatic N) is 1. The first-order valence-electron chi connectivity index (χ1n) is 3.79. The zero-order valence-corrected chi connectivity index (χ0v) is 7.82. The summed E-state index contributed by atoms with van der Waals surface area (Å²) >= 11 is 0. The van der Waals surface area contributed by atoms with E-state index in [0.29, 0.717) is 5.41 Å². The van der Waals surface area contributed by atoms with Crippen molar-refractivity contribution in [2.24, 2.45) is 5.41 Å². The first-order chi connectivity index (χ1) is 5.26. The van der Waals surface area contributed by atoms with Gasteiger partial charge in [0.25, 0.3) is 0 Å². The third-order valence-corrected chi connectivity index (χ3v) is 2.49. The van der Waals surface area contributed by atoms with Crippen LogP contribution in [0.4, 0.5) is 4.79 Å². The fraction of sp³-hybridized carbons (Fsp3) is 0.857. The average molecular weight is 193 g/mol. The lowest BCUT2D eigenvalue weighted by Gasteiger charge is -2.55. The van der Waals surface area contributed by atoms with Crippen molar-refractivity contribution in [3.63, 3.8) is 0 Å². The molecule has 12 heavy (non-hydrogen) atoms. The third kappa shape index (κ3) is 1.25. The molecule has 0 saturated carbocycles. The number of ether oxygens (including phenoxy) is 1. The first-order valence-corrected chi connectivity index (χ1v) is 3.79. The van der Waals surface area contributed by atoms with E-state index in [1.54, 1.807) is 4.90 Å². The van der Waals surface area contributed by atoms with Gasteiger partial charge in [-0.2, -0.15) is 0 Å². The van der Waals surface area contributed by atoms with Crippen molar-refractivity contribution in [1.82, 2.24) is 10.2 Å². The molecule has 1 amide bonds. The molecule has 2 aliphatic rings. The van der Waals surface area contributed by atoms with E-state index in [1.165, 1.54) is 7.11 Å². The van der Waals surface area contributed by atoms with E-state index >= 15 is 0 Å². The molecular formula is C7H13ClN2O2. The minimum absolute atomic E-state index is 0. The monoisotopic (exact) mass is 192 g/mol. The molecule has 4 nitrogen and oxygen atoms in total. The predicted molar refractivity (Wildman–Crippen MR) is 46.5 cm³/mol. The smallest absolute Gasteiger partial charge is 0.409 e. The van der Waals surface area contributed by atoms with Gasteiger partial charge in [0.05, 0.1) is 7.11 Å². The molecule has 0 aliphatic carbocycles. The summed E-state index contributed by atoms with van der Waals surface area (Å²) in [6.07, 6.45) is -0.192. The van der Waals surface area contributed by atoms with Gasteiger partial charge in [-0.1, -0.05) is 0 Å². The number of halogens is 1. The van der Waals surface area contributed by atoms with Crippen LogP contribution in [0, 0.1) is 5.41 Å². The van der Waals surface area contributed by atoms with Crippen molar-refractivity contribution >= 4 is 18.5 Å². The Balaban J connectivity index is 0.000000720. The van der Waals surface area contributed by atoms with Crippen LogP contribution in [-0.2, 0) is 4.74 Å². The zero-order valence-electron chi connectivity index (χ0n) is 7.00. The summed E-state index contributed by atoms with van der Waals surface area (Å²) in [5.74, 6) is 0. The second kappa shape index (κ2) is 3.11. The molecule has 0 unspecified atom stereocenters. The average Bonchev–Trinajstić information content (AvgIpc) is 1.81. The molecule has 5 heteroatoms. The molecule has 0 aromatic carbocycles. The fourth-order valence-electron chi connectivity index (χ4n) is 1.72. The maximum absolute atomic E-state index is 10.9. The van der Waals surface area contributed by atoms with Gasteiger partial charge < -0.3 is 15.0 Å². The van der Waals surface area contributed by atoms with Gasteiger partial charge in [-0.15, -0.1) is 12.4 Å². The van der Waals surface area contributed by atoms with Crippen LogP contribution in [0.25, 0.3) is 0 Å². The third-order valence-electron chi connectivity index (χ3n) is 2.49. The van der Waals surface area contributed by atoms with Crippen molar-refractivity contribution in [2.45, 2.75) is 0 Å². The molecule has 1 spiro atoms. The molecule has 2 saturated heterocycles. The van der Waals surface area contributed by atoms with Gasteiger partial charge >= 0.3 is 6.09 Å². The second-order valence-corrected chi connectivity index (χ2v) is 3.43. The highest BCUT2D eigenvalue weighted by Crippen LogP contribution is 2.33. The van der Waals surface area contributed by atoms with E-state index in [4.69, 9.17) is 0 Å². The quantitative estimate of drug-likeness (QED) is 0.591. The van der Waals surface area contributed by atoms with E-state index in [1.807, 2.05) is 0 Å². The number of hydrogen-bond donors (Lipinski definition) is 1. The lowest BCUT2D eigenvalue weighted by atomic mass is 9.75. The Morgan fingerprint density at radius 3 is 2.42 bits per heavy atom. The van der Waals surface area contributed by atoms with E-state index in [2.05, 4.69) is 10.1 Å². The van der Waals surface area contributed by atoms with Crippen molar-refractivity contribution in [3.8, 4) is 0 Å². The van der Waals surface area contributed by atoms with Crippen LogP contribution in [-0.4, -0.2) is 44.3 Å². The van der Waals surface area contributed by atoms with Gasteiger partial charge in [0.2, 0.25) is 0 Å². The maximum Gasteiger partial charge on any atom is 0.409 e. The lowest BCUT2D eigenvalue weighted by molar-refractivity contribution is -0.0303. The summed E-state index contributed by atoms with van der Waals surface area (Å²) in [4.78, 5) is 12.6. The van der Waals surface area contributed by atoms with E-state index in [-0.39, 0.29) is 18.5 Å². The van der Waals surface area contributed by atoms with Gasteiger partial charge in [-0.25, -0.2) is 4.79 Å². The van der Waals surface area contributed by atoms with Crippen LogP contribution in [0.1, 0.15) is 0 Å². The molecule has 70 valence electrons. The van der Waals surface area contributed by atoms with E-state index in [0.717, 1.165) is 26.2 Å². The Morgan fingerprint density at radius 2 is 2.08 bits per heavy atom. The summed E-state index contributed by atoms with van der Waals surface area (Å²) in [6, 6.07) is 0. The van der Waals surface area contributed by atoms with Gasteiger partial charge in [-0.3, -0.25) is 0 Å². The van der Waals surface area contributed by atoms with Crippen LogP contribution in [0.3, 0.4) is 0 Å². The largest absolute Gasteiger partial charge is 0.453 e. The molecule has 1 N–H and O–H groups in total. The van der Waals surface area contributed by atoms with Crippen LogP contribution >= 0.6 is 12.4 Å². The number of carbonyl (C=O) groups excluding carboxylic acids is 1. The molecule has 0 aromatic rings. The minimum Gasteiger partial charge on any atom is -0.453 e. The number of hydrogen-bond acceptors (Lipinski definition) is 3. The molecule has 2 fully saturated rings. The Morgan fingerprint density at radius 1 is 1.50 bits per heavy atom. The Labute approximate surface area is 77.7 Å². The van der Waals surface area contributed by atoms with Gasteiger partial charge in [-0.05, 0) is 0 Å².